The van der Waals surface area contributed by atoms with Crippen LogP contribution in [-0.2, 0) is 6.54 Å². The minimum Gasteiger partial charge on any atom is -0.436 e. The molecular weight excluding hydrogens is 411 g/mol. The Balaban J connectivity index is 0.00000256. The topological polar surface area (TPSA) is 115 Å². The van der Waals surface area contributed by atoms with Crippen molar-refractivity contribution in [1.29, 1.82) is 0 Å². The third-order valence-corrected chi connectivity index (χ3v) is 4.28. The fraction of sp³-hybridized carbons (Fsp3) is 0.150. The summed E-state index contributed by atoms with van der Waals surface area (Å²) in [6, 6.07) is 11.7. The summed E-state index contributed by atoms with van der Waals surface area (Å²) < 4.78 is 21.6. The van der Waals surface area contributed by atoms with Gasteiger partial charge in [0.05, 0.1) is 24.5 Å². The first-order chi connectivity index (χ1) is 14.1. The van der Waals surface area contributed by atoms with Gasteiger partial charge in [0.15, 0.2) is 5.82 Å². The molecule has 0 amide bonds. The molecule has 4 rings (SSSR count). The van der Waals surface area contributed by atoms with Gasteiger partial charge in [-0.3, -0.25) is 9.78 Å². The van der Waals surface area contributed by atoms with Crippen LogP contribution < -0.4 is 10.5 Å². The summed E-state index contributed by atoms with van der Waals surface area (Å²) in [5, 5.41) is 20.1. The number of pyridine rings is 1. The molecule has 4 N–H and O–H groups in total. The molecule has 4 aromatic rings. The smallest absolute Gasteiger partial charge is 0.255 e. The van der Waals surface area contributed by atoms with Crippen LogP contribution in [0.25, 0.3) is 22.5 Å². The largest absolute Gasteiger partial charge is 0.436 e. The van der Waals surface area contributed by atoms with Crippen molar-refractivity contribution in [2.45, 2.75) is 12.6 Å². The van der Waals surface area contributed by atoms with Gasteiger partial charge in [-0.1, -0.05) is 0 Å². The SMILES string of the molecule is Cl.NC(CO)Cn1ccc(-c2ccc(Oc3ncc(-c4ccn[nH]4)cc3F)cc2)n1. The number of hydrogen-bond donors (Lipinski definition) is 3. The third-order valence-electron chi connectivity index (χ3n) is 4.28. The molecule has 3 heterocycles. The first kappa shape index (κ1) is 21.4. The Morgan fingerprint density at radius 3 is 2.63 bits per heavy atom. The zero-order valence-electron chi connectivity index (χ0n) is 15.8. The molecule has 0 spiro atoms. The molecule has 0 aliphatic carbocycles. The van der Waals surface area contributed by atoms with Crippen LogP contribution in [0.1, 0.15) is 0 Å². The Kier molecular flexibility index (Phi) is 6.78. The fourth-order valence-corrected chi connectivity index (χ4v) is 2.79. The van der Waals surface area contributed by atoms with Crippen molar-refractivity contribution in [2.75, 3.05) is 6.61 Å². The average molecular weight is 431 g/mol. The van der Waals surface area contributed by atoms with E-state index >= 15 is 0 Å². The molecule has 30 heavy (non-hydrogen) atoms. The first-order valence-corrected chi connectivity index (χ1v) is 8.96. The number of nitrogens with one attached hydrogen (secondary N) is 1. The van der Waals surface area contributed by atoms with Crippen LogP contribution in [0.2, 0.25) is 0 Å². The predicted molar refractivity (Wildman–Crippen MR) is 112 cm³/mol. The lowest BCUT2D eigenvalue weighted by molar-refractivity contribution is 0.251. The highest BCUT2D eigenvalue weighted by Crippen LogP contribution is 2.27. The highest BCUT2D eigenvalue weighted by atomic mass is 35.5. The van der Waals surface area contributed by atoms with E-state index in [2.05, 4.69) is 20.3 Å². The standard InChI is InChI=1S/C20H19FN6O2.ClH/c21-17-9-14(18-5-7-24-25-18)10-23-20(17)29-16-3-1-13(2-4-16)19-6-8-27(26-19)11-15(22)12-28;/h1-10,15,28H,11-12,22H2,(H,24,25);1H. The van der Waals surface area contributed by atoms with Crippen LogP contribution in [0.3, 0.4) is 0 Å². The van der Waals surface area contributed by atoms with Gasteiger partial charge in [0.2, 0.25) is 0 Å². The van der Waals surface area contributed by atoms with E-state index in [1.807, 2.05) is 18.2 Å². The van der Waals surface area contributed by atoms with Crippen LogP contribution in [0.15, 0.2) is 61.1 Å². The maximum absolute atomic E-state index is 14.3. The Morgan fingerprint density at radius 2 is 1.97 bits per heavy atom. The summed E-state index contributed by atoms with van der Waals surface area (Å²) in [6.07, 6.45) is 4.91. The van der Waals surface area contributed by atoms with Gasteiger partial charge in [-0.05, 0) is 42.5 Å². The number of halogens is 2. The molecule has 0 bridgehead atoms. The van der Waals surface area contributed by atoms with Crippen molar-refractivity contribution in [3.63, 3.8) is 0 Å². The number of nitrogens with two attached hydrogens (primary N) is 1. The Hall–Kier alpha value is -3.27. The second kappa shape index (κ2) is 9.49. The van der Waals surface area contributed by atoms with Gasteiger partial charge in [0.1, 0.15) is 5.75 Å². The van der Waals surface area contributed by atoms with Crippen LogP contribution >= 0.6 is 12.4 Å². The van der Waals surface area contributed by atoms with E-state index in [0.29, 0.717) is 23.6 Å². The zero-order valence-corrected chi connectivity index (χ0v) is 16.6. The Morgan fingerprint density at radius 1 is 1.17 bits per heavy atom. The number of aliphatic hydroxyl groups excluding tert-OH is 1. The average Bonchev–Trinajstić information content (AvgIpc) is 3.42. The zero-order chi connectivity index (χ0) is 20.2. The number of ether oxygens (including phenoxy) is 1. The number of aliphatic hydroxyl groups is 1. The summed E-state index contributed by atoms with van der Waals surface area (Å²) in [5.74, 6) is -0.223. The van der Waals surface area contributed by atoms with Gasteiger partial charge in [0, 0.05) is 35.8 Å². The molecule has 0 saturated heterocycles. The van der Waals surface area contributed by atoms with E-state index in [1.54, 1.807) is 35.3 Å². The highest BCUT2D eigenvalue weighted by Gasteiger charge is 2.11. The van der Waals surface area contributed by atoms with Gasteiger partial charge in [-0.15, -0.1) is 12.4 Å². The molecular formula is C20H20ClFN6O2. The van der Waals surface area contributed by atoms with Gasteiger partial charge >= 0.3 is 0 Å². The molecule has 1 unspecified atom stereocenters. The van der Waals surface area contributed by atoms with E-state index in [-0.39, 0.29) is 30.9 Å². The molecule has 1 aromatic carbocycles. The second-order valence-electron chi connectivity index (χ2n) is 6.47. The molecule has 0 saturated carbocycles. The molecule has 8 nitrogen and oxygen atoms in total. The molecule has 1 atom stereocenters. The lowest BCUT2D eigenvalue weighted by Gasteiger charge is -2.08. The monoisotopic (exact) mass is 430 g/mol. The van der Waals surface area contributed by atoms with E-state index in [9.17, 15) is 4.39 Å². The molecule has 10 heteroatoms. The van der Waals surface area contributed by atoms with E-state index in [1.165, 1.54) is 12.3 Å². The minimum absolute atomic E-state index is 0. The summed E-state index contributed by atoms with van der Waals surface area (Å²) in [5.41, 5.74) is 8.61. The van der Waals surface area contributed by atoms with E-state index < -0.39 is 5.82 Å². The Labute approximate surface area is 177 Å². The predicted octanol–water partition coefficient (Wildman–Crippen LogP) is 3.01. The van der Waals surface area contributed by atoms with Crippen LogP contribution in [0.5, 0.6) is 11.6 Å². The number of rotatable bonds is 7. The summed E-state index contributed by atoms with van der Waals surface area (Å²) >= 11 is 0. The Bertz CT molecular complexity index is 1090. The number of benzene rings is 1. The number of H-pyrrole nitrogens is 1. The second-order valence-corrected chi connectivity index (χ2v) is 6.47. The van der Waals surface area contributed by atoms with Crippen LogP contribution in [0, 0.1) is 5.82 Å². The molecule has 0 fully saturated rings. The highest BCUT2D eigenvalue weighted by molar-refractivity contribution is 5.85. The fourth-order valence-electron chi connectivity index (χ4n) is 2.79. The third kappa shape index (κ3) is 4.82. The number of nitrogens with zero attached hydrogens (tertiary/aromatic N) is 4. The first-order valence-electron chi connectivity index (χ1n) is 8.96. The van der Waals surface area contributed by atoms with Gasteiger partial charge < -0.3 is 15.6 Å². The van der Waals surface area contributed by atoms with Crippen molar-refractivity contribution in [1.82, 2.24) is 25.0 Å². The molecule has 156 valence electrons. The summed E-state index contributed by atoms with van der Waals surface area (Å²) in [7, 11) is 0. The van der Waals surface area contributed by atoms with Crippen LogP contribution in [0.4, 0.5) is 4.39 Å². The number of aromatic amines is 1. The van der Waals surface area contributed by atoms with Crippen molar-refractivity contribution < 1.29 is 14.2 Å². The maximum atomic E-state index is 14.3. The van der Waals surface area contributed by atoms with Gasteiger partial charge in [-0.25, -0.2) is 9.37 Å². The van der Waals surface area contributed by atoms with Gasteiger partial charge in [-0.2, -0.15) is 10.2 Å². The molecule has 0 aliphatic rings. The lowest BCUT2D eigenvalue weighted by Crippen LogP contribution is -2.30. The van der Waals surface area contributed by atoms with Crippen molar-refractivity contribution in [2.24, 2.45) is 5.73 Å². The van der Waals surface area contributed by atoms with Crippen molar-refractivity contribution in [3.8, 4) is 34.1 Å². The van der Waals surface area contributed by atoms with Crippen molar-refractivity contribution in [3.05, 3.63) is 66.9 Å². The van der Waals surface area contributed by atoms with Crippen LogP contribution in [-0.4, -0.2) is 42.7 Å². The molecule has 0 radical (unpaired) electrons. The normalized spacial score (nSPS) is 11.7. The minimum atomic E-state index is -0.569. The summed E-state index contributed by atoms with van der Waals surface area (Å²) in [6.45, 7) is 0.325. The maximum Gasteiger partial charge on any atom is 0.255 e. The number of hydrogen-bond acceptors (Lipinski definition) is 6. The van der Waals surface area contributed by atoms with Crippen molar-refractivity contribution >= 4 is 12.4 Å². The van der Waals surface area contributed by atoms with Gasteiger partial charge in [0.25, 0.3) is 5.88 Å². The molecule has 0 aliphatic heterocycles. The molecule has 3 aromatic heterocycles. The number of aromatic nitrogens is 5. The lowest BCUT2D eigenvalue weighted by atomic mass is 10.1. The summed E-state index contributed by atoms with van der Waals surface area (Å²) in [4.78, 5) is 4.06. The quantitative estimate of drug-likeness (QED) is 0.415. The van der Waals surface area contributed by atoms with E-state index in [4.69, 9.17) is 15.6 Å². The van der Waals surface area contributed by atoms with E-state index in [0.717, 1.165) is 11.3 Å².